The Hall–Kier alpha value is -4.44. The van der Waals surface area contributed by atoms with E-state index in [1.54, 1.807) is 42.5 Å². The largest absolute Gasteiger partial charge is 0.490 e. The molecule has 0 saturated heterocycles. The topological polar surface area (TPSA) is 92.8 Å². The van der Waals surface area contributed by atoms with Crippen LogP contribution < -0.4 is 14.9 Å². The third-order valence-electron chi connectivity index (χ3n) is 5.91. The van der Waals surface area contributed by atoms with E-state index >= 15 is 0 Å². The van der Waals surface area contributed by atoms with Crippen LogP contribution in [-0.4, -0.2) is 29.7 Å². The summed E-state index contributed by atoms with van der Waals surface area (Å²) in [5, 5.41) is 5.13. The van der Waals surface area contributed by atoms with E-state index in [4.69, 9.17) is 9.47 Å². The molecule has 1 aromatic heterocycles. The van der Waals surface area contributed by atoms with Gasteiger partial charge < -0.3 is 14.5 Å². The third-order valence-corrected chi connectivity index (χ3v) is 6.58. The number of amides is 1. The Bertz CT molecular complexity index is 1660. The van der Waals surface area contributed by atoms with Gasteiger partial charge in [-0.15, -0.1) is 0 Å². The molecule has 0 bridgehead atoms. The highest BCUT2D eigenvalue weighted by Crippen LogP contribution is 2.33. The quantitative estimate of drug-likeness (QED) is 0.0648. The van der Waals surface area contributed by atoms with Crippen LogP contribution in [0.5, 0.6) is 11.5 Å². The summed E-state index contributed by atoms with van der Waals surface area (Å²) in [6.07, 6.45) is 1.51. The molecule has 0 radical (unpaired) electrons. The number of aromatic nitrogens is 1. The lowest BCUT2D eigenvalue weighted by molar-refractivity contribution is 0.0728. The number of rotatable bonds is 8. The SMILES string of the molecule is CCOc1cc(C=NNC(=O)c2[nH]c3ccc(I)cc3c2-c2ccccc2)ccc1OC(=O)c1ccccc1. The molecule has 0 aliphatic heterocycles. The van der Waals surface area contributed by atoms with E-state index in [1.165, 1.54) is 6.21 Å². The second kappa shape index (κ2) is 12.0. The second-order valence-electron chi connectivity index (χ2n) is 8.52. The standard InChI is InChI=1S/C31H24IN3O4/c1-2-38-27-17-20(13-16-26(27)39-31(37)22-11-7-4-8-12-22)19-33-35-30(36)29-28(21-9-5-3-6-10-21)24-18-23(32)14-15-25(24)34-29/h3-19,34H,2H2,1H3,(H,35,36). The van der Waals surface area contributed by atoms with Crippen LogP contribution in [-0.2, 0) is 0 Å². The Kier molecular flexibility index (Phi) is 8.02. The molecular weight excluding hydrogens is 605 g/mol. The van der Waals surface area contributed by atoms with E-state index in [0.29, 0.717) is 34.9 Å². The van der Waals surface area contributed by atoms with Gasteiger partial charge in [0.1, 0.15) is 5.69 Å². The van der Waals surface area contributed by atoms with E-state index in [9.17, 15) is 9.59 Å². The molecule has 0 unspecified atom stereocenters. The number of aromatic amines is 1. The molecule has 0 aliphatic rings. The minimum absolute atomic E-state index is 0.298. The van der Waals surface area contributed by atoms with Crippen molar-refractivity contribution in [3.05, 3.63) is 117 Å². The monoisotopic (exact) mass is 629 g/mol. The highest BCUT2D eigenvalue weighted by atomic mass is 127. The summed E-state index contributed by atoms with van der Waals surface area (Å²) in [5.74, 6) is -0.150. The maximum atomic E-state index is 13.2. The van der Waals surface area contributed by atoms with Gasteiger partial charge in [0.2, 0.25) is 0 Å². The summed E-state index contributed by atoms with van der Waals surface area (Å²) in [7, 11) is 0. The Morgan fingerprint density at radius 2 is 1.67 bits per heavy atom. The van der Waals surface area contributed by atoms with Gasteiger partial charge in [-0.1, -0.05) is 48.5 Å². The molecule has 0 aliphatic carbocycles. The molecule has 0 spiro atoms. The van der Waals surface area contributed by atoms with Gasteiger partial charge in [0.15, 0.2) is 11.5 Å². The summed E-state index contributed by atoms with van der Waals surface area (Å²) in [5.41, 5.74) is 6.77. The lowest BCUT2D eigenvalue weighted by Gasteiger charge is -2.11. The van der Waals surface area contributed by atoms with Crippen LogP contribution in [0.2, 0.25) is 0 Å². The zero-order chi connectivity index (χ0) is 27.2. The van der Waals surface area contributed by atoms with Crippen molar-refractivity contribution in [3.63, 3.8) is 0 Å². The van der Waals surface area contributed by atoms with Gasteiger partial charge in [-0.25, -0.2) is 10.2 Å². The number of hydrogen-bond acceptors (Lipinski definition) is 5. The van der Waals surface area contributed by atoms with Crippen molar-refractivity contribution in [2.24, 2.45) is 5.10 Å². The molecule has 0 saturated carbocycles. The average molecular weight is 629 g/mol. The van der Waals surface area contributed by atoms with Gasteiger partial charge in [-0.3, -0.25) is 4.79 Å². The van der Waals surface area contributed by atoms with Crippen LogP contribution in [0.3, 0.4) is 0 Å². The molecule has 5 rings (SSSR count). The lowest BCUT2D eigenvalue weighted by atomic mass is 10.0. The Balaban J connectivity index is 1.36. The molecule has 8 heteroatoms. The van der Waals surface area contributed by atoms with Crippen LogP contribution >= 0.6 is 22.6 Å². The van der Waals surface area contributed by atoms with E-state index in [-0.39, 0.29) is 5.91 Å². The number of nitrogens with one attached hydrogen (secondary N) is 2. The van der Waals surface area contributed by atoms with Crippen LogP contribution in [0.25, 0.3) is 22.0 Å². The molecule has 0 atom stereocenters. The minimum Gasteiger partial charge on any atom is -0.490 e. The Morgan fingerprint density at radius 1 is 0.923 bits per heavy atom. The number of fused-ring (bicyclic) bond motifs is 1. The summed E-state index contributed by atoms with van der Waals surface area (Å²) < 4.78 is 12.3. The predicted molar refractivity (Wildman–Crippen MR) is 161 cm³/mol. The Morgan fingerprint density at radius 3 is 2.41 bits per heavy atom. The fourth-order valence-corrected chi connectivity index (χ4v) is 4.64. The number of hydrazone groups is 1. The van der Waals surface area contributed by atoms with Crippen molar-refractivity contribution in [1.82, 2.24) is 10.4 Å². The lowest BCUT2D eigenvalue weighted by Crippen LogP contribution is -2.18. The number of carbonyl (C=O) groups is 2. The molecule has 5 aromatic rings. The number of hydrogen-bond donors (Lipinski definition) is 2. The van der Waals surface area contributed by atoms with Gasteiger partial charge in [0, 0.05) is 20.0 Å². The van der Waals surface area contributed by atoms with Gasteiger partial charge in [0.05, 0.1) is 18.4 Å². The van der Waals surface area contributed by atoms with Crippen molar-refractivity contribution in [3.8, 4) is 22.6 Å². The van der Waals surface area contributed by atoms with Crippen LogP contribution in [0.15, 0.2) is 102 Å². The number of carbonyl (C=O) groups excluding carboxylic acids is 2. The van der Waals surface area contributed by atoms with Gasteiger partial charge >= 0.3 is 5.97 Å². The molecule has 0 fully saturated rings. The van der Waals surface area contributed by atoms with Crippen molar-refractivity contribution in [1.29, 1.82) is 0 Å². The molecular formula is C31H24IN3O4. The third kappa shape index (κ3) is 6.01. The van der Waals surface area contributed by atoms with E-state index in [0.717, 1.165) is 25.6 Å². The summed E-state index contributed by atoms with van der Waals surface area (Å²) >= 11 is 2.26. The number of esters is 1. The number of halogens is 1. The molecule has 39 heavy (non-hydrogen) atoms. The van der Waals surface area contributed by atoms with Gasteiger partial charge in [-0.05, 0) is 89.2 Å². The number of benzene rings is 4. The van der Waals surface area contributed by atoms with E-state index in [1.807, 2.05) is 55.5 Å². The first kappa shape index (κ1) is 26.2. The fraction of sp³-hybridized carbons (Fsp3) is 0.0645. The number of ether oxygens (including phenoxy) is 2. The van der Waals surface area contributed by atoms with E-state index < -0.39 is 5.97 Å². The maximum Gasteiger partial charge on any atom is 0.343 e. The van der Waals surface area contributed by atoms with Gasteiger partial charge in [-0.2, -0.15) is 5.10 Å². The average Bonchev–Trinajstić information content (AvgIpc) is 3.34. The maximum absolute atomic E-state index is 13.2. The highest BCUT2D eigenvalue weighted by Gasteiger charge is 2.19. The molecule has 194 valence electrons. The molecule has 1 amide bonds. The van der Waals surface area contributed by atoms with Crippen molar-refractivity contribution < 1.29 is 19.1 Å². The molecule has 2 N–H and O–H groups in total. The number of H-pyrrole nitrogens is 1. The summed E-state index contributed by atoms with van der Waals surface area (Å²) in [6, 6.07) is 29.6. The molecule has 7 nitrogen and oxygen atoms in total. The first-order valence-corrected chi connectivity index (χ1v) is 13.4. The molecule has 4 aromatic carbocycles. The van der Waals surface area contributed by atoms with Crippen LogP contribution in [0, 0.1) is 3.57 Å². The van der Waals surface area contributed by atoms with Crippen LogP contribution in [0.1, 0.15) is 33.3 Å². The second-order valence-corrected chi connectivity index (χ2v) is 9.77. The predicted octanol–water partition coefficient (Wildman–Crippen LogP) is 6.82. The number of nitrogens with zero attached hydrogens (tertiary/aromatic N) is 1. The van der Waals surface area contributed by atoms with Crippen molar-refractivity contribution in [2.75, 3.05) is 6.61 Å². The normalized spacial score (nSPS) is 11.0. The van der Waals surface area contributed by atoms with Crippen molar-refractivity contribution >= 4 is 51.6 Å². The summed E-state index contributed by atoms with van der Waals surface area (Å²) in [6.45, 7) is 2.23. The fourth-order valence-electron chi connectivity index (χ4n) is 4.15. The Labute approximate surface area is 239 Å². The first-order chi connectivity index (χ1) is 19.0. The molecule has 1 heterocycles. The van der Waals surface area contributed by atoms with E-state index in [2.05, 4.69) is 44.2 Å². The smallest absolute Gasteiger partial charge is 0.343 e. The summed E-state index contributed by atoms with van der Waals surface area (Å²) in [4.78, 5) is 29.0. The zero-order valence-corrected chi connectivity index (χ0v) is 23.1. The zero-order valence-electron chi connectivity index (χ0n) is 21.0. The van der Waals surface area contributed by atoms with Crippen molar-refractivity contribution in [2.45, 2.75) is 6.92 Å². The van der Waals surface area contributed by atoms with Gasteiger partial charge in [0.25, 0.3) is 5.91 Å². The van der Waals surface area contributed by atoms with Crippen LogP contribution in [0.4, 0.5) is 0 Å². The highest BCUT2D eigenvalue weighted by molar-refractivity contribution is 14.1. The minimum atomic E-state index is -0.479. The first-order valence-electron chi connectivity index (χ1n) is 12.3.